The van der Waals surface area contributed by atoms with Gasteiger partial charge in [-0.1, -0.05) is 6.42 Å². The Hall–Kier alpha value is -1.08. The molecule has 1 fully saturated rings. The van der Waals surface area contributed by atoms with Gasteiger partial charge in [-0.05, 0) is 12.8 Å². The van der Waals surface area contributed by atoms with E-state index in [4.69, 9.17) is 9.88 Å². The number of hydrogen-bond acceptors (Lipinski definition) is 4. The lowest BCUT2D eigenvalue weighted by Crippen LogP contribution is -2.43. The van der Waals surface area contributed by atoms with Crippen molar-refractivity contribution in [2.75, 3.05) is 6.61 Å². The second-order valence-electron chi connectivity index (χ2n) is 4.66. The van der Waals surface area contributed by atoms with Crippen molar-refractivity contribution in [1.29, 1.82) is 0 Å². The van der Waals surface area contributed by atoms with Gasteiger partial charge in [-0.2, -0.15) is 5.10 Å². The molecule has 1 aromatic rings. The third kappa shape index (κ3) is 1.35. The molecule has 0 bridgehead atoms. The molecule has 0 saturated heterocycles. The molecule has 16 heavy (non-hydrogen) atoms. The van der Waals surface area contributed by atoms with Crippen LogP contribution in [0.2, 0.25) is 0 Å². The van der Waals surface area contributed by atoms with Gasteiger partial charge in [0.25, 0.3) is 0 Å². The predicted molar refractivity (Wildman–Crippen MR) is 55.4 cm³/mol. The molecule has 0 aromatic carbocycles. The molecule has 3 rings (SSSR count). The van der Waals surface area contributed by atoms with Gasteiger partial charge >= 0.3 is 0 Å². The predicted octanol–water partition coefficient (Wildman–Crippen LogP) is 0.0932. The Labute approximate surface area is 93.4 Å². The summed E-state index contributed by atoms with van der Waals surface area (Å²) in [4.78, 5) is -0.0123. The lowest BCUT2D eigenvalue weighted by molar-refractivity contribution is 0.0000961. The fourth-order valence-electron chi connectivity index (χ4n) is 2.37. The Balaban J connectivity index is 2.00. The molecule has 7 heteroatoms. The van der Waals surface area contributed by atoms with Gasteiger partial charge in [-0.15, -0.1) is 0 Å². The first-order valence-corrected chi connectivity index (χ1v) is 6.76. The standard InChI is InChI=1S/C9H13N3O3S/c10-16(13,14)7-4-11-12-5-9(2-1-3-9)6-15-8(7)12/h4H,1-3,5-6H2,(H2,10,13,14). The van der Waals surface area contributed by atoms with Gasteiger partial charge in [0, 0.05) is 5.41 Å². The summed E-state index contributed by atoms with van der Waals surface area (Å²) >= 11 is 0. The van der Waals surface area contributed by atoms with E-state index < -0.39 is 10.0 Å². The molecule has 2 heterocycles. The maximum Gasteiger partial charge on any atom is 0.245 e. The number of hydrogen-bond donors (Lipinski definition) is 1. The van der Waals surface area contributed by atoms with Crippen molar-refractivity contribution in [2.24, 2.45) is 10.6 Å². The lowest BCUT2D eigenvalue weighted by atomic mass is 9.69. The van der Waals surface area contributed by atoms with Crippen molar-refractivity contribution in [2.45, 2.75) is 30.7 Å². The molecule has 2 N–H and O–H groups in total. The normalized spacial score (nSPS) is 22.3. The van der Waals surface area contributed by atoms with E-state index in [0.29, 0.717) is 12.5 Å². The quantitative estimate of drug-likeness (QED) is 0.757. The second-order valence-corrected chi connectivity index (χ2v) is 6.19. The fraction of sp³-hybridized carbons (Fsp3) is 0.667. The highest BCUT2D eigenvalue weighted by atomic mass is 32.2. The van der Waals surface area contributed by atoms with Gasteiger partial charge in [0.15, 0.2) is 4.90 Å². The zero-order chi connectivity index (χ0) is 11.4. The van der Waals surface area contributed by atoms with E-state index in [9.17, 15) is 8.42 Å². The van der Waals surface area contributed by atoms with Crippen molar-refractivity contribution in [3.63, 3.8) is 0 Å². The van der Waals surface area contributed by atoms with Crippen LogP contribution in [0.3, 0.4) is 0 Å². The van der Waals surface area contributed by atoms with Crippen molar-refractivity contribution in [3.05, 3.63) is 6.20 Å². The van der Waals surface area contributed by atoms with Crippen LogP contribution >= 0.6 is 0 Å². The molecule has 0 amide bonds. The number of nitrogens with zero attached hydrogens (tertiary/aromatic N) is 2. The monoisotopic (exact) mass is 243 g/mol. The van der Waals surface area contributed by atoms with E-state index in [1.807, 2.05) is 0 Å². The highest BCUT2D eigenvalue weighted by Gasteiger charge is 2.43. The van der Waals surface area contributed by atoms with Crippen molar-refractivity contribution < 1.29 is 13.2 Å². The van der Waals surface area contributed by atoms with Gasteiger partial charge in [0.1, 0.15) is 0 Å². The molecule has 0 radical (unpaired) electrons. The third-order valence-electron chi connectivity index (χ3n) is 3.48. The molecule has 88 valence electrons. The van der Waals surface area contributed by atoms with Gasteiger partial charge in [0.05, 0.1) is 19.3 Å². The molecule has 1 aliphatic carbocycles. The Morgan fingerprint density at radius 2 is 2.25 bits per heavy atom. The highest BCUT2D eigenvalue weighted by molar-refractivity contribution is 7.89. The van der Waals surface area contributed by atoms with Gasteiger partial charge < -0.3 is 4.74 Å². The summed E-state index contributed by atoms with van der Waals surface area (Å²) in [6.45, 7) is 1.30. The van der Waals surface area contributed by atoms with E-state index >= 15 is 0 Å². The number of nitrogens with two attached hydrogens (primary N) is 1. The maximum atomic E-state index is 11.3. The van der Waals surface area contributed by atoms with E-state index in [-0.39, 0.29) is 10.3 Å². The van der Waals surface area contributed by atoms with Crippen LogP contribution in [0.15, 0.2) is 11.1 Å². The Morgan fingerprint density at radius 1 is 1.50 bits per heavy atom. The summed E-state index contributed by atoms with van der Waals surface area (Å²) < 4.78 is 29.6. The van der Waals surface area contributed by atoms with E-state index in [2.05, 4.69) is 5.10 Å². The fourth-order valence-corrected chi connectivity index (χ4v) is 2.98. The van der Waals surface area contributed by atoms with Crippen LogP contribution in [-0.4, -0.2) is 24.8 Å². The van der Waals surface area contributed by atoms with Crippen molar-refractivity contribution >= 4 is 10.0 Å². The van der Waals surface area contributed by atoms with Crippen LogP contribution in [0, 0.1) is 5.41 Å². The largest absolute Gasteiger partial charge is 0.476 e. The summed E-state index contributed by atoms with van der Waals surface area (Å²) in [6, 6.07) is 0. The average Bonchev–Trinajstić information content (AvgIpc) is 2.56. The van der Waals surface area contributed by atoms with Crippen molar-refractivity contribution in [1.82, 2.24) is 9.78 Å². The zero-order valence-electron chi connectivity index (χ0n) is 8.72. The molecular weight excluding hydrogens is 230 g/mol. The summed E-state index contributed by atoms with van der Waals surface area (Å²) in [5, 5.41) is 9.11. The first-order valence-electron chi connectivity index (χ1n) is 5.22. The van der Waals surface area contributed by atoms with Gasteiger partial charge in [0.2, 0.25) is 15.9 Å². The smallest absolute Gasteiger partial charge is 0.245 e. The molecule has 1 spiro atoms. The number of aromatic nitrogens is 2. The summed E-state index contributed by atoms with van der Waals surface area (Å²) in [6.07, 6.45) is 4.72. The Bertz CT molecular complexity index is 530. The number of fused-ring (bicyclic) bond motifs is 1. The molecule has 6 nitrogen and oxygen atoms in total. The molecule has 2 aliphatic rings. The molecule has 0 unspecified atom stereocenters. The van der Waals surface area contributed by atoms with Gasteiger partial charge in [-0.25, -0.2) is 18.2 Å². The number of primary sulfonamides is 1. The van der Waals surface area contributed by atoms with Crippen molar-refractivity contribution in [3.8, 4) is 5.88 Å². The van der Waals surface area contributed by atoms with Gasteiger partial charge in [-0.3, -0.25) is 0 Å². The van der Waals surface area contributed by atoms with Crippen LogP contribution in [0.1, 0.15) is 19.3 Å². The molecular formula is C9H13N3O3S. The second kappa shape index (κ2) is 2.98. The zero-order valence-corrected chi connectivity index (χ0v) is 9.53. The molecule has 1 aliphatic heterocycles. The molecule has 1 saturated carbocycles. The molecule has 1 aromatic heterocycles. The third-order valence-corrected chi connectivity index (χ3v) is 4.37. The van der Waals surface area contributed by atoms with E-state index in [1.165, 1.54) is 12.6 Å². The van der Waals surface area contributed by atoms with Crippen LogP contribution in [-0.2, 0) is 16.6 Å². The lowest BCUT2D eigenvalue weighted by Gasteiger charge is -2.44. The van der Waals surface area contributed by atoms with Crippen LogP contribution < -0.4 is 9.88 Å². The summed E-state index contributed by atoms with van der Waals surface area (Å²) in [7, 11) is -3.74. The van der Waals surface area contributed by atoms with Crippen LogP contribution in [0.4, 0.5) is 0 Å². The minimum absolute atomic E-state index is 0.0123. The SMILES string of the molecule is NS(=O)(=O)c1cnn2c1OCC1(CCC1)C2. The highest BCUT2D eigenvalue weighted by Crippen LogP contribution is 2.46. The number of ether oxygens (including phenoxy) is 1. The first-order chi connectivity index (χ1) is 7.50. The van der Waals surface area contributed by atoms with Crippen LogP contribution in [0.25, 0.3) is 0 Å². The summed E-state index contributed by atoms with van der Waals surface area (Å²) in [5.74, 6) is 0.292. The minimum atomic E-state index is -3.74. The Morgan fingerprint density at radius 3 is 2.81 bits per heavy atom. The Kier molecular flexibility index (Phi) is 1.88. The average molecular weight is 243 g/mol. The number of sulfonamides is 1. The summed E-state index contributed by atoms with van der Waals surface area (Å²) in [5.41, 5.74) is 0.175. The maximum absolute atomic E-state index is 11.3. The first kappa shape index (κ1) is 10.1. The van der Waals surface area contributed by atoms with Crippen LogP contribution in [0.5, 0.6) is 5.88 Å². The topological polar surface area (TPSA) is 87.2 Å². The number of rotatable bonds is 1. The molecule has 0 atom stereocenters. The minimum Gasteiger partial charge on any atom is -0.476 e. The van der Waals surface area contributed by atoms with E-state index in [1.54, 1.807) is 4.68 Å². The van der Waals surface area contributed by atoms with E-state index in [0.717, 1.165) is 19.4 Å².